The molecule has 0 aromatic heterocycles. The van der Waals surface area contributed by atoms with E-state index in [4.69, 9.17) is 0 Å². The number of carbonyl (C=O) groups is 2. The van der Waals surface area contributed by atoms with Crippen molar-refractivity contribution in [1.82, 2.24) is 4.90 Å². The number of hydrogen-bond donors (Lipinski definition) is 1. The Hall–Kier alpha value is -2.89. The van der Waals surface area contributed by atoms with Crippen LogP contribution in [0.3, 0.4) is 0 Å². The molecule has 0 unspecified atom stereocenters. The van der Waals surface area contributed by atoms with E-state index in [1.165, 1.54) is 6.07 Å². The SMILES string of the molecule is CC(C)(C(=O)Nc1ccccc1)C(=O)N1CCN(c2ccccc2F)CC1. The van der Waals surface area contributed by atoms with E-state index in [0.717, 1.165) is 0 Å². The van der Waals surface area contributed by atoms with Crippen LogP contribution in [0.1, 0.15) is 13.8 Å². The van der Waals surface area contributed by atoms with Crippen LogP contribution in [0.5, 0.6) is 0 Å². The lowest BCUT2D eigenvalue weighted by Gasteiger charge is -2.39. The van der Waals surface area contributed by atoms with Gasteiger partial charge in [-0.1, -0.05) is 30.3 Å². The number of benzene rings is 2. The van der Waals surface area contributed by atoms with E-state index >= 15 is 0 Å². The van der Waals surface area contributed by atoms with Gasteiger partial charge in [0.15, 0.2) is 0 Å². The molecule has 5 nitrogen and oxygen atoms in total. The number of halogens is 1. The van der Waals surface area contributed by atoms with Crippen molar-refractivity contribution in [2.75, 3.05) is 36.4 Å². The monoisotopic (exact) mass is 369 g/mol. The summed E-state index contributed by atoms with van der Waals surface area (Å²) in [5, 5.41) is 2.80. The van der Waals surface area contributed by atoms with Gasteiger partial charge in [0.1, 0.15) is 11.2 Å². The molecule has 2 aromatic rings. The second-order valence-electron chi connectivity index (χ2n) is 7.18. The van der Waals surface area contributed by atoms with E-state index in [1.807, 2.05) is 23.1 Å². The molecule has 142 valence electrons. The first-order valence-electron chi connectivity index (χ1n) is 9.05. The van der Waals surface area contributed by atoms with Gasteiger partial charge < -0.3 is 15.1 Å². The molecule has 1 aliphatic rings. The molecule has 6 heteroatoms. The molecule has 0 bridgehead atoms. The maximum atomic E-state index is 14.0. The fraction of sp³-hybridized carbons (Fsp3) is 0.333. The number of para-hydroxylation sites is 2. The third kappa shape index (κ3) is 4.10. The zero-order valence-corrected chi connectivity index (χ0v) is 15.6. The Labute approximate surface area is 158 Å². The van der Waals surface area contributed by atoms with Crippen molar-refractivity contribution in [2.24, 2.45) is 5.41 Å². The van der Waals surface area contributed by atoms with Crippen molar-refractivity contribution < 1.29 is 14.0 Å². The molecule has 27 heavy (non-hydrogen) atoms. The van der Waals surface area contributed by atoms with E-state index in [0.29, 0.717) is 37.6 Å². The second kappa shape index (κ2) is 7.78. The fourth-order valence-electron chi connectivity index (χ4n) is 3.16. The van der Waals surface area contributed by atoms with Gasteiger partial charge in [0.2, 0.25) is 11.8 Å². The van der Waals surface area contributed by atoms with Crippen LogP contribution in [0.4, 0.5) is 15.8 Å². The van der Waals surface area contributed by atoms with Crippen molar-refractivity contribution in [3.05, 3.63) is 60.4 Å². The van der Waals surface area contributed by atoms with Gasteiger partial charge in [-0.2, -0.15) is 0 Å². The molecule has 0 radical (unpaired) electrons. The highest BCUT2D eigenvalue weighted by Crippen LogP contribution is 2.25. The second-order valence-corrected chi connectivity index (χ2v) is 7.18. The lowest BCUT2D eigenvalue weighted by Crippen LogP contribution is -2.54. The van der Waals surface area contributed by atoms with Crippen molar-refractivity contribution in [2.45, 2.75) is 13.8 Å². The summed E-state index contributed by atoms with van der Waals surface area (Å²) in [4.78, 5) is 29.2. The lowest BCUT2D eigenvalue weighted by atomic mass is 9.89. The Balaban J connectivity index is 1.62. The van der Waals surface area contributed by atoms with E-state index < -0.39 is 5.41 Å². The third-order valence-corrected chi connectivity index (χ3v) is 4.89. The molecule has 1 fully saturated rings. The topological polar surface area (TPSA) is 52.7 Å². The molecule has 1 heterocycles. The number of carbonyl (C=O) groups excluding carboxylic acids is 2. The van der Waals surface area contributed by atoms with Gasteiger partial charge in [0, 0.05) is 31.9 Å². The number of nitrogens with one attached hydrogen (secondary N) is 1. The summed E-state index contributed by atoms with van der Waals surface area (Å²) in [6.45, 7) is 5.24. The molecule has 1 aliphatic heterocycles. The zero-order chi connectivity index (χ0) is 19.4. The predicted octanol–water partition coefficient (Wildman–Crippen LogP) is 3.14. The van der Waals surface area contributed by atoms with Gasteiger partial charge in [-0.05, 0) is 38.1 Å². The fourth-order valence-corrected chi connectivity index (χ4v) is 3.16. The number of piperazine rings is 1. The minimum absolute atomic E-state index is 0.218. The summed E-state index contributed by atoms with van der Waals surface area (Å²) in [5.41, 5.74) is 0.0224. The van der Waals surface area contributed by atoms with Crippen LogP contribution in [0.15, 0.2) is 54.6 Å². The Bertz CT molecular complexity index is 815. The van der Waals surface area contributed by atoms with Crippen molar-refractivity contribution >= 4 is 23.2 Å². The van der Waals surface area contributed by atoms with Gasteiger partial charge >= 0.3 is 0 Å². The van der Waals surface area contributed by atoms with Gasteiger partial charge in [-0.15, -0.1) is 0 Å². The van der Waals surface area contributed by atoms with Crippen LogP contribution < -0.4 is 10.2 Å². The maximum Gasteiger partial charge on any atom is 0.239 e. The highest BCUT2D eigenvalue weighted by atomic mass is 19.1. The van der Waals surface area contributed by atoms with Crippen LogP contribution in [0.25, 0.3) is 0 Å². The Morgan fingerprint density at radius 3 is 2.15 bits per heavy atom. The van der Waals surface area contributed by atoms with Crippen LogP contribution >= 0.6 is 0 Å². The molecule has 0 spiro atoms. The van der Waals surface area contributed by atoms with Crippen LogP contribution in [0, 0.1) is 11.2 Å². The van der Waals surface area contributed by atoms with Gasteiger partial charge in [-0.25, -0.2) is 4.39 Å². The van der Waals surface area contributed by atoms with Crippen molar-refractivity contribution in [3.63, 3.8) is 0 Å². The molecule has 0 aliphatic carbocycles. The largest absolute Gasteiger partial charge is 0.366 e. The first kappa shape index (κ1) is 18.9. The first-order valence-corrected chi connectivity index (χ1v) is 9.05. The summed E-state index contributed by atoms with van der Waals surface area (Å²) in [5.74, 6) is -0.820. The molecule has 1 N–H and O–H groups in total. The standard InChI is InChI=1S/C21H24FN3O2/c1-21(2,19(26)23-16-8-4-3-5-9-16)20(27)25-14-12-24(13-15-25)18-11-7-6-10-17(18)22/h3-11H,12-15H2,1-2H3,(H,23,26). The number of nitrogens with zero attached hydrogens (tertiary/aromatic N) is 2. The molecule has 3 rings (SSSR count). The summed E-state index contributed by atoms with van der Waals surface area (Å²) in [6, 6.07) is 15.7. The molecule has 1 saturated heterocycles. The highest BCUT2D eigenvalue weighted by Gasteiger charge is 2.40. The molecular weight excluding hydrogens is 345 g/mol. The summed E-state index contributed by atoms with van der Waals surface area (Å²) >= 11 is 0. The van der Waals surface area contributed by atoms with Crippen LogP contribution in [-0.2, 0) is 9.59 Å². The summed E-state index contributed by atoms with van der Waals surface area (Å²) < 4.78 is 14.0. The molecule has 0 saturated carbocycles. The average Bonchev–Trinajstić information content (AvgIpc) is 2.68. The number of rotatable bonds is 4. The van der Waals surface area contributed by atoms with Crippen LogP contribution in [-0.4, -0.2) is 42.9 Å². The van der Waals surface area contributed by atoms with E-state index in [-0.39, 0.29) is 17.6 Å². The average molecular weight is 369 g/mol. The molecule has 2 amide bonds. The number of anilines is 2. The Morgan fingerprint density at radius 2 is 1.52 bits per heavy atom. The van der Waals surface area contributed by atoms with Gasteiger partial charge in [0.25, 0.3) is 0 Å². The smallest absolute Gasteiger partial charge is 0.239 e. The minimum Gasteiger partial charge on any atom is -0.366 e. The van der Waals surface area contributed by atoms with Crippen molar-refractivity contribution in [1.29, 1.82) is 0 Å². The zero-order valence-electron chi connectivity index (χ0n) is 15.6. The molecular formula is C21H24FN3O2. The first-order chi connectivity index (χ1) is 12.9. The minimum atomic E-state index is -1.18. The van der Waals surface area contributed by atoms with E-state index in [9.17, 15) is 14.0 Å². The third-order valence-electron chi connectivity index (χ3n) is 4.89. The predicted molar refractivity (Wildman–Crippen MR) is 104 cm³/mol. The summed E-state index contributed by atoms with van der Waals surface area (Å²) in [6.07, 6.45) is 0. The van der Waals surface area contributed by atoms with Gasteiger partial charge in [0.05, 0.1) is 5.69 Å². The number of amides is 2. The summed E-state index contributed by atoms with van der Waals surface area (Å²) in [7, 11) is 0. The van der Waals surface area contributed by atoms with Crippen LogP contribution in [0.2, 0.25) is 0 Å². The maximum absolute atomic E-state index is 14.0. The van der Waals surface area contributed by atoms with E-state index in [2.05, 4.69) is 5.32 Å². The molecule has 0 atom stereocenters. The lowest BCUT2D eigenvalue weighted by molar-refractivity contribution is -0.146. The van der Waals surface area contributed by atoms with Gasteiger partial charge in [-0.3, -0.25) is 9.59 Å². The van der Waals surface area contributed by atoms with Crippen molar-refractivity contribution in [3.8, 4) is 0 Å². The quantitative estimate of drug-likeness (QED) is 0.843. The number of hydrogen-bond acceptors (Lipinski definition) is 3. The molecule has 2 aromatic carbocycles. The van der Waals surface area contributed by atoms with E-state index in [1.54, 1.807) is 49.1 Å². The highest BCUT2D eigenvalue weighted by molar-refractivity contribution is 6.09. The normalized spacial score (nSPS) is 14.8. The Kier molecular flexibility index (Phi) is 5.44. The Morgan fingerprint density at radius 1 is 0.926 bits per heavy atom.